The number of nitrogens with zero attached hydrogens (tertiary/aromatic N) is 4. The van der Waals surface area contributed by atoms with E-state index in [-0.39, 0.29) is 0 Å². The standard InChI is InChI=1S/C14H24N4O/c1-11-9-15-13(3)14(16-11)18-6-5-17(7-8-19-4)12(2)10-18/h9,12H,5-8,10H2,1-4H3. The Morgan fingerprint density at radius 2 is 2.16 bits per heavy atom. The minimum atomic E-state index is 0.519. The van der Waals surface area contributed by atoms with Gasteiger partial charge in [-0.3, -0.25) is 9.88 Å². The van der Waals surface area contributed by atoms with Crippen LogP contribution in [0.3, 0.4) is 0 Å². The lowest BCUT2D eigenvalue weighted by Crippen LogP contribution is -2.53. The number of aromatic nitrogens is 2. The third-order valence-electron chi connectivity index (χ3n) is 3.70. The summed E-state index contributed by atoms with van der Waals surface area (Å²) in [6.45, 7) is 11.2. The lowest BCUT2D eigenvalue weighted by molar-refractivity contribution is 0.117. The summed E-state index contributed by atoms with van der Waals surface area (Å²) in [5, 5.41) is 0. The van der Waals surface area contributed by atoms with Crippen molar-refractivity contribution in [3.63, 3.8) is 0 Å². The van der Waals surface area contributed by atoms with Crippen LogP contribution in [-0.2, 0) is 4.74 Å². The van der Waals surface area contributed by atoms with Crippen LogP contribution in [0.25, 0.3) is 0 Å². The maximum Gasteiger partial charge on any atom is 0.150 e. The molecule has 1 aromatic heterocycles. The van der Waals surface area contributed by atoms with Gasteiger partial charge in [-0.2, -0.15) is 0 Å². The van der Waals surface area contributed by atoms with Gasteiger partial charge in [0.2, 0.25) is 0 Å². The van der Waals surface area contributed by atoms with Gasteiger partial charge >= 0.3 is 0 Å². The van der Waals surface area contributed by atoms with Crippen molar-refractivity contribution in [3.05, 3.63) is 17.6 Å². The molecule has 5 heteroatoms. The third kappa shape index (κ3) is 3.42. The molecule has 0 aromatic carbocycles. The molecule has 1 aliphatic heterocycles. The zero-order chi connectivity index (χ0) is 13.8. The van der Waals surface area contributed by atoms with Crippen molar-refractivity contribution in [3.8, 4) is 0 Å². The Morgan fingerprint density at radius 1 is 1.37 bits per heavy atom. The van der Waals surface area contributed by atoms with E-state index in [4.69, 9.17) is 4.74 Å². The normalized spacial score (nSPS) is 20.8. The third-order valence-corrected chi connectivity index (χ3v) is 3.70. The smallest absolute Gasteiger partial charge is 0.150 e. The summed E-state index contributed by atoms with van der Waals surface area (Å²) in [6.07, 6.45) is 1.83. The summed E-state index contributed by atoms with van der Waals surface area (Å²) >= 11 is 0. The summed E-state index contributed by atoms with van der Waals surface area (Å²) in [5.41, 5.74) is 2.00. The Labute approximate surface area is 115 Å². The van der Waals surface area contributed by atoms with E-state index in [1.54, 1.807) is 7.11 Å². The molecular weight excluding hydrogens is 240 g/mol. The quantitative estimate of drug-likeness (QED) is 0.818. The first-order valence-electron chi connectivity index (χ1n) is 6.90. The van der Waals surface area contributed by atoms with E-state index < -0.39 is 0 Å². The summed E-state index contributed by atoms with van der Waals surface area (Å²) in [5.74, 6) is 1.04. The van der Waals surface area contributed by atoms with E-state index in [9.17, 15) is 0 Å². The Bertz CT molecular complexity index is 424. The highest BCUT2D eigenvalue weighted by Gasteiger charge is 2.25. The Morgan fingerprint density at radius 3 is 2.84 bits per heavy atom. The van der Waals surface area contributed by atoms with Gasteiger partial charge in [-0.15, -0.1) is 0 Å². The molecule has 106 valence electrons. The molecule has 1 aromatic rings. The average Bonchev–Trinajstić information content (AvgIpc) is 2.40. The van der Waals surface area contributed by atoms with Crippen LogP contribution >= 0.6 is 0 Å². The molecule has 0 bridgehead atoms. The molecule has 1 aliphatic rings. The number of aryl methyl sites for hydroxylation is 2. The largest absolute Gasteiger partial charge is 0.383 e. The second-order valence-corrected chi connectivity index (χ2v) is 5.24. The van der Waals surface area contributed by atoms with Crippen molar-refractivity contribution >= 4 is 5.82 Å². The molecule has 0 amide bonds. The van der Waals surface area contributed by atoms with Crippen LogP contribution in [0, 0.1) is 13.8 Å². The molecule has 19 heavy (non-hydrogen) atoms. The fraction of sp³-hybridized carbons (Fsp3) is 0.714. The van der Waals surface area contributed by atoms with Crippen molar-refractivity contribution in [2.24, 2.45) is 0 Å². The minimum absolute atomic E-state index is 0.519. The lowest BCUT2D eigenvalue weighted by Gasteiger charge is -2.40. The molecule has 1 saturated heterocycles. The highest BCUT2D eigenvalue weighted by Crippen LogP contribution is 2.19. The van der Waals surface area contributed by atoms with Gasteiger partial charge in [0, 0.05) is 45.5 Å². The van der Waals surface area contributed by atoms with Gasteiger partial charge < -0.3 is 9.64 Å². The average molecular weight is 264 g/mol. The van der Waals surface area contributed by atoms with E-state index in [0.717, 1.165) is 50.0 Å². The minimum Gasteiger partial charge on any atom is -0.383 e. The van der Waals surface area contributed by atoms with E-state index >= 15 is 0 Å². The SMILES string of the molecule is COCCN1CCN(c2nc(C)cnc2C)CC1C. The van der Waals surface area contributed by atoms with Crippen LogP contribution in [0.2, 0.25) is 0 Å². The van der Waals surface area contributed by atoms with Crippen molar-refractivity contribution in [1.29, 1.82) is 0 Å². The molecule has 1 unspecified atom stereocenters. The molecule has 1 fully saturated rings. The number of hydrogen-bond donors (Lipinski definition) is 0. The summed E-state index contributed by atoms with van der Waals surface area (Å²) in [7, 11) is 1.76. The van der Waals surface area contributed by atoms with Crippen LogP contribution < -0.4 is 4.90 Å². The molecule has 0 saturated carbocycles. The van der Waals surface area contributed by atoms with E-state index in [1.807, 2.05) is 20.0 Å². The molecule has 2 heterocycles. The second kappa shape index (κ2) is 6.30. The molecule has 0 radical (unpaired) electrons. The molecule has 5 nitrogen and oxygen atoms in total. The van der Waals surface area contributed by atoms with Gasteiger partial charge in [-0.1, -0.05) is 0 Å². The van der Waals surface area contributed by atoms with Gasteiger partial charge in [-0.25, -0.2) is 4.98 Å². The van der Waals surface area contributed by atoms with Crippen molar-refractivity contribution in [2.75, 3.05) is 44.8 Å². The zero-order valence-corrected chi connectivity index (χ0v) is 12.4. The maximum absolute atomic E-state index is 5.16. The monoisotopic (exact) mass is 264 g/mol. The Kier molecular flexibility index (Phi) is 4.71. The second-order valence-electron chi connectivity index (χ2n) is 5.24. The van der Waals surface area contributed by atoms with Crippen molar-refractivity contribution in [1.82, 2.24) is 14.9 Å². The first kappa shape index (κ1) is 14.2. The summed E-state index contributed by atoms with van der Waals surface area (Å²) < 4.78 is 5.16. The van der Waals surface area contributed by atoms with Gasteiger partial charge in [0.25, 0.3) is 0 Å². The molecule has 0 N–H and O–H groups in total. The molecular formula is C14H24N4O. The van der Waals surface area contributed by atoms with Crippen LogP contribution in [-0.4, -0.2) is 60.8 Å². The van der Waals surface area contributed by atoms with Crippen LogP contribution in [0.5, 0.6) is 0 Å². The number of piperazine rings is 1. The first-order valence-corrected chi connectivity index (χ1v) is 6.90. The van der Waals surface area contributed by atoms with E-state index in [0.29, 0.717) is 6.04 Å². The van der Waals surface area contributed by atoms with Crippen LogP contribution in [0.1, 0.15) is 18.3 Å². The van der Waals surface area contributed by atoms with E-state index in [1.165, 1.54) is 0 Å². The predicted octanol–water partition coefficient (Wildman–Crippen LogP) is 1.25. The van der Waals surface area contributed by atoms with Gasteiger partial charge in [0.05, 0.1) is 18.0 Å². The maximum atomic E-state index is 5.16. The molecule has 0 aliphatic carbocycles. The fourth-order valence-corrected chi connectivity index (χ4v) is 2.55. The van der Waals surface area contributed by atoms with Crippen molar-refractivity contribution < 1.29 is 4.74 Å². The highest BCUT2D eigenvalue weighted by molar-refractivity contribution is 5.44. The molecule has 2 rings (SSSR count). The van der Waals surface area contributed by atoms with Crippen LogP contribution in [0.15, 0.2) is 6.20 Å². The molecule has 0 spiro atoms. The number of hydrogen-bond acceptors (Lipinski definition) is 5. The first-order chi connectivity index (χ1) is 9.11. The van der Waals surface area contributed by atoms with Gasteiger partial charge in [-0.05, 0) is 20.8 Å². The number of anilines is 1. The Hall–Kier alpha value is -1.20. The predicted molar refractivity (Wildman–Crippen MR) is 76.6 cm³/mol. The van der Waals surface area contributed by atoms with Crippen molar-refractivity contribution in [2.45, 2.75) is 26.8 Å². The number of rotatable bonds is 4. The molecule has 1 atom stereocenters. The Balaban J connectivity index is 2.03. The summed E-state index contributed by atoms with van der Waals surface area (Å²) in [4.78, 5) is 13.9. The highest BCUT2D eigenvalue weighted by atomic mass is 16.5. The lowest BCUT2D eigenvalue weighted by atomic mass is 10.2. The fourth-order valence-electron chi connectivity index (χ4n) is 2.55. The van der Waals surface area contributed by atoms with Crippen LogP contribution in [0.4, 0.5) is 5.82 Å². The van der Waals surface area contributed by atoms with Gasteiger partial charge in [0.15, 0.2) is 0 Å². The topological polar surface area (TPSA) is 41.5 Å². The number of methoxy groups -OCH3 is 1. The summed E-state index contributed by atoms with van der Waals surface area (Å²) in [6, 6.07) is 0.519. The van der Waals surface area contributed by atoms with Gasteiger partial charge in [0.1, 0.15) is 5.82 Å². The number of ether oxygens (including phenoxy) is 1. The zero-order valence-electron chi connectivity index (χ0n) is 12.4. The van der Waals surface area contributed by atoms with E-state index in [2.05, 4.69) is 26.7 Å².